The maximum absolute atomic E-state index is 12.7. The molecule has 0 heterocycles. The average molecular weight is 357 g/mol. The minimum absolute atomic E-state index is 0.0551. The van der Waals surface area contributed by atoms with E-state index in [1.807, 2.05) is 30.3 Å². The van der Waals surface area contributed by atoms with Gasteiger partial charge in [-0.05, 0) is 44.0 Å². The number of rotatable bonds is 7. The van der Waals surface area contributed by atoms with Gasteiger partial charge in [0.25, 0.3) is 0 Å². The van der Waals surface area contributed by atoms with E-state index in [1.54, 1.807) is 32.9 Å². The summed E-state index contributed by atoms with van der Waals surface area (Å²) in [5.41, 5.74) is 0.618. The predicted octanol–water partition coefficient (Wildman–Crippen LogP) is 3.37. The predicted molar refractivity (Wildman–Crippen MR) is 95.8 cm³/mol. The van der Waals surface area contributed by atoms with Gasteiger partial charge < -0.3 is 9.84 Å². The van der Waals surface area contributed by atoms with Crippen molar-refractivity contribution in [1.82, 2.24) is 5.06 Å². The van der Waals surface area contributed by atoms with Crippen molar-refractivity contribution in [3.8, 4) is 5.75 Å². The normalized spacial score (nSPS) is 12.3. The monoisotopic (exact) mass is 357 g/mol. The number of benzene rings is 2. The molecular weight excluding hydrogens is 334 g/mol. The minimum Gasteiger partial charge on any atom is -0.508 e. The number of amides is 1. The van der Waals surface area contributed by atoms with Crippen molar-refractivity contribution in [3.05, 3.63) is 65.7 Å². The second-order valence-electron chi connectivity index (χ2n) is 6.76. The van der Waals surface area contributed by atoms with E-state index in [2.05, 4.69) is 0 Å². The maximum Gasteiger partial charge on any atom is 0.336 e. The van der Waals surface area contributed by atoms with E-state index in [1.165, 1.54) is 12.1 Å². The lowest BCUT2D eigenvalue weighted by molar-refractivity contribution is -0.237. The zero-order valence-corrected chi connectivity index (χ0v) is 15.1. The third kappa shape index (κ3) is 5.60. The number of phenols is 1. The molecule has 0 aliphatic carbocycles. The van der Waals surface area contributed by atoms with Crippen molar-refractivity contribution in [2.45, 2.75) is 39.0 Å². The summed E-state index contributed by atoms with van der Waals surface area (Å²) in [6.45, 7) is 5.39. The topological polar surface area (TPSA) is 76.1 Å². The summed E-state index contributed by atoms with van der Waals surface area (Å²) in [4.78, 5) is 29.9. The quantitative estimate of drug-likeness (QED) is 0.467. The second-order valence-corrected chi connectivity index (χ2v) is 6.76. The Labute approximate surface area is 152 Å². The maximum atomic E-state index is 12.7. The number of carbonyl (C=O) groups excluding carboxylic acids is 2. The Morgan fingerprint density at radius 1 is 1.12 bits per heavy atom. The fraction of sp³-hybridized carbons (Fsp3) is 0.300. The van der Waals surface area contributed by atoms with Crippen LogP contribution in [0.4, 0.5) is 0 Å². The summed E-state index contributed by atoms with van der Waals surface area (Å²) < 4.78 is 5.39. The van der Waals surface area contributed by atoms with Gasteiger partial charge in [-0.2, -0.15) is 0 Å². The van der Waals surface area contributed by atoms with E-state index in [0.29, 0.717) is 12.0 Å². The van der Waals surface area contributed by atoms with Crippen LogP contribution in [0.25, 0.3) is 0 Å². The molecule has 0 unspecified atom stereocenters. The molecule has 1 atom stereocenters. The van der Waals surface area contributed by atoms with Gasteiger partial charge in [-0.3, -0.25) is 9.63 Å². The fourth-order valence-corrected chi connectivity index (χ4v) is 2.30. The molecule has 0 radical (unpaired) electrons. The van der Waals surface area contributed by atoms with E-state index in [9.17, 15) is 14.7 Å². The van der Waals surface area contributed by atoms with Crippen LogP contribution in [-0.4, -0.2) is 28.2 Å². The molecule has 138 valence electrons. The molecule has 0 aliphatic heterocycles. The minimum atomic E-state index is -1.09. The number of carbonyl (C=O) groups is 2. The first-order chi connectivity index (χ1) is 12.3. The van der Waals surface area contributed by atoms with Gasteiger partial charge in [-0.1, -0.05) is 42.5 Å². The molecule has 0 saturated carbocycles. The molecule has 2 aromatic rings. The van der Waals surface area contributed by atoms with Gasteiger partial charge in [0.2, 0.25) is 6.41 Å². The standard InChI is InChI=1S/C20H23NO5/c1-20(2,3)26-21(14-22)18(16-9-11-17(23)12-10-16)19(24)25-13-15-7-5-4-6-8-15/h4-12,14,18,23H,13H2,1-3H3/t18-/m0/s1. The van der Waals surface area contributed by atoms with E-state index in [4.69, 9.17) is 9.57 Å². The molecule has 2 aromatic carbocycles. The number of phenolic OH excluding ortho intramolecular Hbond substituents is 1. The van der Waals surface area contributed by atoms with Crippen LogP contribution in [0.3, 0.4) is 0 Å². The smallest absolute Gasteiger partial charge is 0.336 e. The van der Waals surface area contributed by atoms with E-state index in [-0.39, 0.29) is 12.4 Å². The third-order valence-electron chi connectivity index (χ3n) is 3.39. The molecule has 6 nitrogen and oxygen atoms in total. The molecule has 0 aromatic heterocycles. The molecule has 6 heteroatoms. The Kier molecular flexibility index (Phi) is 6.36. The Morgan fingerprint density at radius 3 is 2.27 bits per heavy atom. The van der Waals surface area contributed by atoms with Gasteiger partial charge >= 0.3 is 5.97 Å². The molecule has 0 fully saturated rings. The lowest BCUT2D eigenvalue weighted by atomic mass is 10.1. The summed E-state index contributed by atoms with van der Waals surface area (Å²) >= 11 is 0. The van der Waals surface area contributed by atoms with Crippen molar-refractivity contribution in [3.63, 3.8) is 0 Å². The van der Waals surface area contributed by atoms with Crippen LogP contribution >= 0.6 is 0 Å². The SMILES string of the molecule is CC(C)(C)ON(C=O)[C@H](C(=O)OCc1ccccc1)c1ccc(O)cc1. The summed E-state index contributed by atoms with van der Waals surface area (Å²) in [6.07, 6.45) is 0.451. The largest absolute Gasteiger partial charge is 0.508 e. The van der Waals surface area contributed by atoms with Crippen LogP contribution in [-0.2, 0) is 25.8 Å². The molecule has 1 amide bonds. The lowest BCUT2D eigenvalue weighted by Crippen LogP contribution is -2.39. The first-order valence-electron chi connectivity index (χ1n) is 8.22. The van der Waals surface area contributed by atoms with Crippen LogP contribution in [0.5, 0.6) is 5.75 Å². The number of hydroxylamine groups is 2. The number of hydrogen-bond donors (Lipinski definition) is 1. The average Bonchev–Trinajstić information content (AvgIpc) is 2.60. The van der Waals surface area contributed by atoms with E-state index >= 15 is 0 Å². The van der Waals surface area contributed by atoms with Crippen molar-refractivity contribution in [1.29, 1.82) is 0 Å². The van der Waals surface area contributed by atoms with Gasteiger partial charge in [0.15, 0.2) is 6.04 Å². The number of hydrogen-bond acceptors (Lipinski definition) is 5. The highest BCUT2D eigenvalue weighted by atomic mass is 16.7. The molecule has 0 saturated heterocycles. The third-order valence-corrected chi connectivity index (χ3v) is 3.39. The van der Waals surface area contributed by atoms with Crippen molar-refractivity contribution < 1.29 is 24.3 Å². The van der Waals surface area contributed by atoms with Crippen LogP contribution in [0.1, 0.15) is 37.9 Å². The Bertz CT molecular complexity index is 722. The lowest BCUT2D eigenvalue weighted by Gasteiger charge is -2.31. The highest BCUT2D eigenvalue weighted by molar-refractivity contribution is 5.79. The van der Waals surface area contributed by atoms with Crippen LogP contribution < -0.4 is 0 Å². The van der Waals surface area contributed by atoms with E-state index < -0.39 is 17.6 Å². The molecule has 0 spiro atoms. The van der Waals surface area contributed by atoms with Gasteiger partial charge in [0, 0.05) is 0 Å². The number of esters is 1. The van der Waals surface area contributed by atoms with Gasteiger partial charge in [-0.25, -0.2) is 9.86 Å². The zero-order chi connectivity index (χ0) is 19.2. The van der Waals surface area contributed by atoms with E-state index in [0.717, 1.165) is 10.6 Å². The van der Waals surface area contributed by atoms with Gasteiger partial charge in [0.1, 0.15) is 12.4 Å². The first kappa shape index (κ1) is 19.5. The molecule has 0 bridgehead atoms. The molecule has 1 N–H and O–H groups in total. The van der Waals surface area contributed by atoms with Crippen molar-refractivity contribution in [2.75, 3.05) is 0 Å². The number of ether oxygens (including phenoxy) is 1. The van der Waals surface area contributed by atoms with Crippen LogP contribution in [0, 0.1) is 0 Å². The first-order valence-corrected chi connectivity index (χ1v) is 8.22. The fourth-order valence-electron chi connectivity index (χ4n) is 2.30. The summed E-state index contributed by atoms with van der Waals surface area (Å²) in [5, 5.41) is 10.4. The molecule has 26 heavy (non-hydrogen) atoms. The highest BCUT2D eigenvalue weighted by Gasteiger charge is 2.32. The summed E-state index contributed by atoms with van der Waals surface area (Å²) in [6, 6.07) is 14.1. The molecule has 2 rings (SSSR count). The number of aromatic hydroxyl groups is 1. The Hall–Kier alpha value is -2.86. The van der Waals surface area contributed by atoms with Crippen molar-refractivity contribution in [2.24, 2.45) is 0 Å². The molecule has 0 aliphatic rings. The second kappa shape index (κ2) is 8.49. The zero-order valence-electron chi connectivity index (χ0n) is 15.1. The Balaban J connectivity index is 2.25. The highest BCUT2D eigenvalue weighted by Crippen LogP contribution is 2.26. The summed E-state index contributed by atoms with van der Waals surface area (Å²) in [7, 11) is 0. The number of nitrogens with zero attached hydrogens (tertiary/aromatic N) is 1. The summed E-state index contributed by atoms with van der Waals surface area (Å²) in [5.74, 6) is -0.574. The van der Waals surface area contributed by atoms with Crippen LogP contribution in [0.15, 0.2) is 54.6 Å². The Morgan fingerprint density at radius 2 is 1.73 bits per heavy atom. The van der Waals surface area contributed by atoms with Gasteiger partial charge in [-0.15, -0.1) is 0 Å². The molecular formula is C20H23NO5. The van der Waals surface area contributed by atoms with Gasteiger partial charge in [0.05, 0.1) is 5.60 Å². The van der Waals surface area contributed by atoms with Crippen LogP contribution in [0.2, 0.25) is 0 Å². The van der Waals surface area contributed by atoms with Crippen molar-refractivity contribution >= 4 is 12.4 Å².